The molecule has 1 unspecified atom stereocenters. The van der Waals surface area contributed by atoms with Gasteiger partial charge in [-0.2, -0.15) is 0 Å². The molecule has 12 heavy (non-hydrogen) atoms. The van der Waals surface area contributed by atoms with Gasteiger partial charge in [-0.3, -0.25) is 4.99 Å². The van der Waals surface area contributed by atoms with Crippen molar-refractivity contribution in [3.8, 4) is 0 Å². The predicted molar refractivity (Wildman–Crippen MR) is 56.9 cm³/mol. The minimum Gasteiger partial charge on any atom is -0.362 e. The summed E-state index contributed by atoms with van der Waals surface area (Å²) >= 11 is 1.85. The molecule has 70 valence electrons. The lowest BCUT2D eigenvalue weighted by Gasteiger charge is -2.00. The average molecular weight is 186 g/mol. The standard InChI is InChI=1S/C9H18N2S/c1-3-4-5-6-10-9-11-8(2)7-12-9/h8H,3-7H2,1-2H3,(H,10,11). The third kappa shape index (κ3) is 3.48. The molecule has 0 radical (unpaired) electrons. The molecule has 1 heterocycles. The van der Waals surface area contributed by atoms with Crippen LogP contribution in [0.5, 0.6) is 0 Å². The van der Waals surface area contributed by atoms with Crippen LogP contribution in [-0.2, 0) is 0 Å². The molecule has 3 heteroatoms. The zero-order valence-corrected chi connectivity index (χ0v) is 8.78. The first kappa shape index (κ1) is 9.90. The van der Waals surface area contributed by atoms with Gasteiger partial charge in [-0.15, -0.1) is 0 Å². The summed E-state index contributed by atoms with van der Waals surface area (Å²) in [6, 6.07) is 0.611. The van der Waals surface area contributed by atoms with Crippen molar-refractivity contribution in [2.45, 2.75) is 39.2 Å². The van der Waals surface area contributed by atoms with Crippen molar-refractivity contribution in [1.29, 1.82) is 0 Å². The molecule has 0 aromatic carbocycles. The van der Waals surface area contributed by atoms with E-state index in [4.69, 9.17) is 0 Å². The van der Waals surface area contributed by atoms with Crippen LogP contribution in [0.2, 0.25) is 0 Å². The van der Waals surface area contributed by atoms with Gasteiger partial charge in [-0.25, -0.2) is 0 Å². The molecule has 1 saturated heterocycles. The highest BCUT2D eigenvalue weighted by Gasteiger charge is 2.14. The number of thioether (sulfide) groups is 1. The van der Waals surface area contributed by atoms with Crippen molar-refractivity contribution in [2.24, 2.45) is 4.99 Å². The summed E-state index contributed by atoms with van der Waals surface area (Å²) in [5.74, 6) is 1.17. The third-order valence-electron chi connectivity index (χ3n) is 1.86. The Bertz CT molecular complexity index is 157. The van der Waals surface area contributed by atoms with Crippen LogP contribution < -0.4 is 5.32 Å². The molecule has 1 aliphatic rings. The van der Waals surface area contributed by atoms with E-state index in [2.05, 4.69) is 24.2 Å². The lowest BCUT2D eigenvalue weighted by Crippen LogP contribution is -2.23. The van der Waals surface area contributed by atoms with Gasteiger partial charge in [0.1, 0.15) is 0 Å². The SMILES string of the molecule is CCCCCN=C1NC(C)CS1. The molecule has 1 atom stereocenters. The Labute approximate surface area is 79.2 Å². The molecule has 2 nitrogen and oxygen atoms in total. The molecule has 1 N–H and O–H groups in total. The van der Waals surface area contributed by atoms with Gasteiger partial charge in [0.15, 0.2) is 5.17 Å². The number of hydrogen-bond acceptors (Lipinski definition) is 2. The first-order chi connectivity index (χ1) is 5.83. The van der Waals surface area contributed by atoms with Gasteiger partial charge in [0, 0.05) is 18.3 Å². The molecule has 0 saturated carbocycles. The van der Waals surface area contributed by atoms with Gasteiger partial charge >= 0.3 is 0 Å². The molecule has 0 aromatic heterocycles. The number of unbranched alkanes of at least 4 members (excludes halogenated alkanes) is 2. The second kappa shape index (κ2) is 5.46. The van der Waals surface area contributed by atoms with E-state index in [9.17, 15) is 0 Å². The van der Waals surface area contributed by atoms with Crippen LogP contribution >= 0.6 is 11.8 Å². The molecule has 0 amide bonds. The minimum atomic E-state index is 0.611. The normalized spacial score (nSPS) is 26.2. The number of rotatable bonds is 4. The summed E-state index contributed by atoms with van der Waals surface area (Å²) in [5.41, 5.74) is 0. The van der Waals surface area contributed by atoms with E-state index in [0.717, 1.165) is 11.7 Å². The van der Waals surface area contributed by atoms with Gasteiger partial charge in [0.25, 0.3) is 0 Å². The zero-order chi connectivity index (χ0) is 8.81. The number of hydrogen-bond donors (Lipinski definition) is 1. The minimum absolute atomic E-state index is 0.611. The van der Waals surface area contributed by atoms with Gasteiger partial charge < -0.3 is 5.32 Å². The maximum atomic E-state index is 4.48. The van der Waals surface area contributed by atoms with Gasteiger partial charge in [0.2, 0.25) is 0 Å². The maximum Gasteiger partial charge on any atom is 0.156 e. The molecule has 0 aliphatic carbocycles. The summed E-state index contributed by atoms with van der Waals surface area (Å²) in [4.78, 5) is 4.48. The first-order valence-electron chi connectivity index (χ1n) is 4.76. The summed E-state index contributed by atoms with van der Waals surface area (Å²) in [6.07, 6.45) is 3.81. The molecular formula is C9H18N2S. The van der Waals surface area contributed by atoms with E-state index >= 15 is 0 Å². The van der Waals surface area contributed by atoms with E-state index in [1.54, 1.807) is 0 Å². The van der Waals surface area contributed by atoms with Crippen molar-refractivity contribution in [3.63, 3.8) is 0 Å². The summed E-state index contributed by atoms with van der Waals surface area (Å²) in [7, 11) is 0. The first-order valence-corrected chi connectivity index (χ1v) is 5.75. The number of aliphatic imine (C=N–C) groups is 1. The van der Waals surface area contributed by atoms with Crippen molar-refractivity contribution < 1.29 is 0 Å². The topological polar surface area (TPSA) is 24.4 Å². The quantitative estimate of drug-likeness (QED) is 0.681. The molecule has 0 bridgehead atoms. The van der Waals surface area contributed by atoms with Crippen LogP contribution in [0.3, 0.4) is 0 Å². The van der Waals surface area contributed by atoms with Gasteiger partial charge in [-0.1, -0.05) is 31.5 Å². The van der Waals surface area contributed by atoms with E-state index < -0.39 is 0 Å². The summed E-state index contributed by atoms with van der Waals surface area (Å²) in [5, 5.41) is 4.50. The van der Waals surface area contributed by atoms with Crippen molar-refractivity contribution in [1.82, 2.24) is 5.32 Å². The van der Waals surface area contributed by atoms with Crippen molar-refractivity contribution >= 4 is 16.9 Å². The lowest BCUT2D eigenvalue weighted by atomic mass is 10.2. The van der Waals surface area contributed by atoms with E-state index in [-0.39, 0.29) is 0 Å². The number of amidine groups is 1. The van der Waals surface area contributed by atoms with Crippen molar-refractivity contribution in [3.05, 3.63) is 0 Å². The van der Waals surface area contributed by atoms with Crippen LogP contribution in [-0.4, -0.2) is 23.5 Å². The summed E-state index contributed by atoms with van der Waals surface area (Å²) in [6.45, 7) is 5.41. The Morgan fingerprint density at radius 3 is 3.00 bits per heavy atom. The van der Waals surface area contributed by atoms with E-state index in [1.165, 1.54) is 25.0 Å². The molecule has 0 aromatic rings. The highest BCUT2D eigenvalue weighted by atomic mass is 32.2. The predicted octanol–water partition coefficient (Wildman–Crippen LogP) is 2.26. The third-order valence-corrected chi connectivity index (χ3v) is 3.04. The molecule has 0 spiro atoms. The number of nitrogens with one attached hydrogen (secondary N) is 1. The second-order valence-electron chi connectivity index (χ2n) is 3.25. The largest absolute Gasteiger partial charge is 0.362 e. The fourth-order valence-electron chi connectivity index (χ4n) is 1.13. The van der Waals surface area contributed by atoms with Crippen LogP contribution in [0.4, 0.5) is 0 Å². The Hall–Kier alpha value is -0.180. The Morgan fingerprint density at radius 1 is 1.58 bits per heavy atom. The molecule has 1 fully saturated rings. The van der Waals surface area contributed by atoms with Gasteiger partial charge in [-0.05, 0) is 13.3 Å². The second-order valence-corrected chi connectivity index (χ2v) is 4.26. The highest BCUT2D eigenvalue weighted by molar-refractivity contribution is 8.14. The van der Waals surface area contributed by atoms with Crippen LogP contribution in [0.1, 0.15) is 33.1 Å². The van der Waals surface area contributed by atoms with Crippen LogP contribution in [0, 0.1) is 0 Å². The zero-order valence-electron chi connectivity index (χ0n) is 7.97. The Kier molecular flexibility index (Phi) is 4.51. The monoisotopic (exact) mass is 186 g/mol. The average Bonchev–Trinajstić information content (AvgIpc) is 2.45. The molecule has 1 aliphatic heterocycles. The fraction of sp³-hybridized carbons (Fsp3) is 0.889. The molecular weight excluding hydrogens is 168 g/mol. The summed E-state index contributed by atoms with van der Waals surface area (Å²) < 4.78 is 0. The van der Waals surface area contributed by atoms with Crippen molar-refractivity contribution in [2.75, 3.05) is 12.3 Å². The van der Waals surface area contributed by atoms with E-state index in [1.807, 2.05) is 11.8 Å². The smallest absolute Gasteiger partial charge is 0.156 e. The van der Waals surface area contributed by atoms with Gasteiger partial charge in [0.05, 0.1) is 0 Å². The fourth-order valence-corrected chi connectivity index (χ4v) is 2.09. The molecule has 1 rings (SSSR count). The Morgan fingerprint density at radius 2 is 2.42 bits per heavy atom. The lowest BCUT2D eigenvalue weighted by molar-refractivity contribution is 0.720. The maximum absolute atomic E-state index is 4.48. The number of nitrogens with zero attached hydrogens (tertiary/aromatic N) is 1. The van der Waals surface area contributed by atoms with Crippen LogP contribution in [0.15, 0.2) is 4.99 Å². The Balaban J connectivity index is 2.11. The van der Waals surface area contributed by atoms with E-state index in [0.29, 0.717) is 6.04 Å². The van der Waals surface area contributed by atoms with Crippen LogP contribution in [0.25, 0.3) is 0 Å². The highest BCUT2D eigenvalue weighted by Crippen LogP contribution is 2.12.